The number of nitrogens with one attached hydrogen (secondary N) is 1. The SMILES string of the molecule is COC(=O)C(NS(=O)(=O)c1ccc(Cl)cc1OC)C(C)C. The highest BCUT2D eigenvalue weighted by atomic mass is 35.5. The molecule has 0 aliphatic rings. The molecule has 1 rings (SSSR count). The lowest BCUT2D eigenvalue weighted by molar-refractivity contribution is -0.143. The fraction of sp³-hybridized carbons (Fsp3) is 0.462. The summed E-state index contributed by atoms with van der Waals surface area (Å²) in [6, 6.07) is 3.15. The zero-order valence-corrected chi connectivity index (χ0v) is 13.8. The third-order valence-electron chi connectivity index (χ3n) is 2.82. The number of halogens is 1. The molecule has 6 nitrogen and oxygen atoms in total. The number of hydrogen-bond acceptors (Lipinski definition) is 5. The van der Waals surface area contributed by atoms with Crippen LogP contribution in [0.2, 0.25) is 5.02 Å². The zero-order valence-electron chi connectivity index (χ0n) is 12.2. The lowest BCUT2D eigenvalue weighted by atomic mass is 10.1. The fourth-order valence-corrected chi connectivity index (χ4v) is 3.32. The lowest BCUT2D eigenvalue weighted by Crippen LogP contribution is -2.44. The first-order chi connectivity index (χ1) is 9.72. The van der Waals surface area contributed by atoms with Gasteiger partial charge < -0.3 is 9.47 Å². The first-order valence-corrected chi connectivity index (χ1v) is 8.02. The van der Waals surface area contributed by atoms with Gasteiger partial charge in [-0.1, -0.05) is 25.4 Å². The topological polar surface area (TPSA) is 81.7 Å². The maximum atomic E-state index is 12.4. The Morgan fingerprint density at radius 1 is 1.29 bits per heavy atom. The van der Waals surface area contributed by atoms with Gasteiger partial charge in [0.25, 0.3) is 0 Å². The first kappa shape index (κ1) is 17.7. The average molecular weight is 336 g/mol. The van der Waals surface area contributed by atoms with Crippen LogP contribution < -0.4 is 9.46 Å². The molecule has 118 valence electrons. The Hall–Kier alpha value is -1.31. The van der Waals surface area contributed by atoms with E-state index < -0.39 is 22.0 Å². The summed E-state index contributed by atoms with van der Waals surface area (Å²) in [5, 5.41) is 0.346. The molecule has 0 aliphatic heterocycles. The molecule has 0 saturated carbocycles. The smallest absolute Gasteiger partial charge is 0.324 e. The van der Waals surface area contributed by atoms with Crippen molar-refractivity contribution >= 4 is 27.6 Å². The van der Waals surface area contributed by atoms with Gasteiger partial charge in [0.15, 0.2) is 0 Å². The van der Waals surface area contributed by atoms with Crippen LogP contribution in [0.5, 0.6) is 5.75 Å². The molecule has 0 amide bonds. The van der Waals surface area contributed by atoms with Crippen LogP contribution in [0.25, 0.3) is 0 Å². The minimum Gasteiger partial charge on any atom is -0.495 e. The number of carbonyl (C=O) groups excluding carboxylic acids is 1. The van der Waals surface area contributed by atoms with Gasteiger partial charge in [0.2, 0.25) is 10.0 Å². The predicted molar refractivity (Wildman–Crippen MR) is 79.0 cm³/mol. The Kier molecular flexibility index (Phi) is 6.00. The van der Waals surface area contributed by atoms with Crippen molar-refractivity contribution in [2.24, 2.45) is 5.92 Å². The first-order valence-electron chi connectivity index (χ1n) is 6.16. The standard InChI is InChI=1S/C13H18ClNO5S/c1-8(2)12(13(16)20-4)15-21(17,18)11-6-5-9(14)7-10(11)19-3/h5-8,12,15H,1-4H3. The van der Waals surface area contributed by atoms with Crippen molar-refractivity contribution in [2.75, 3.05) is 14.2 Å². The highest BCUT2D eigenvalue weighted by Crippen LogP contribution is 2.27. The summed E-state index contributed by atoms with van der Waals surface area (Å²) in [5.41, 5.74) is 0. The number of ether oxygens (including phenoxy) is 2. The average Bonchev–Trinajstić information content (AvgIpc) is 2.43. The summed E-state index contributed by atoms with van der Waals surface area (Å²) in [5.74, 6) is -0.825. The van der Waals surface area contributed by atoms with E-state index in [1.807, 2.05) is 0 Å². The predicted octanol–water partition coefficient (Wildman–Crippen LogP) is 1.82. The van der Waals surface area contributed by atoms with E-state index in [-0.39, 0.29) is 16.6 Å². The van der Waals surface area contributed by atoms with Gasteiger partial charge in [0.1, 0.15) is 16.7 Å². The number of hydrogen-bond donors (Lipinski definition) is 1. The van der Waals surface area contributed by atoms with Gasteiger partial charge in [-0.3, -0.25) is 4.79 Å². The summed E-state index contributed by atoms with van der Waals surface area (Å²) in [4.78, 5) is 11.6. The molecular weight excluding hydrogens is 318 g/mol. The van der Waals surface area contributed by atoms with Gasteiger partial charge in [-0.2, -0.15) is 4.72 Å². The van der Waals surface area contributed by atoms with Gasteiger partial charge in [-0.05, 0) is 18.1 Å². The van der Waals surface area contributed by atoms with E-state index in [2.05, 4.69) is 9.46 Å². The molecule has 0 saturated heterocycles. The van der Waals surface area contributed by atoms with Gasteiger partial charge in [0, 0.05) is 11.1 Å². The second kappa shape index (κ2) is 7.11. The maximum Gasteiger partial charge on any atom is 0.324 e. The van der Waals surface area contributed by atoms with Crippen LogP contribution in [-0.4, -0.2) is 34.6 Å². The lowest BCUT2D eigenvalue weighted by Gasteiger charge is -2.20. The van der Waals surface area contributed by atoms with Crippen molar-refractivity contribution in [3.05, 3.63) is 23.2 Å². The van der Waals surface area contributed by atoms with Crippen LogP contribution in [-0.2, 0) is 19.6 Å². The Morgan fingerprint density at radius 2 is 1.90 bits per heavy atom. The molecule has 0 radical (unpaired) electrons. The second-order valence-electron chi connectivity index (χ2n) is 4.66. The maximum absolute atomic E-state index is 12.4. The molecule has 21 heavy (non-hydrogen) atoms. The normalized spacial score (nSPS) is 13.0. The molecule has 1 aromatic rings. The summed E-state index contributed by atoms with van der Waals surface area (Å²) in [6.07, 6.45) is 0. The molecule has 0 aliphatic carbocycles. The van der Waals surface area contributed by atoms with E-state index in [4.69, 9.17) is 16.3 Å². The molecule has 1 N–H and O–H groups in total. The molecule has 0 fully saturated rings. The summed E-state index contributed by atoms with van der Waals surface area (Å²) < 4.78 is 36.8. The highest BCUT2D eigenvalue weighted by molar-refractivity contribution is 7.89. The van der Waals surface area contributed by atoms with E-state index in [9.17, 15) is 13.2 Å². The Bertz CT molecular complexity index is 615. The highest BCUT2D eigenvalue weighted by Gasteiger charge is 2.30. The zero-order chi connectivity index (χ0) is 16.2. The third-order valence-corrected chi connectivity index (χ3v) is 4.53. The van der Waals surface area contributed by atoms with Gasteiger partial charge in [0.05, 0.1) is 14.2 Å². The number of esters is 1. The largest absolute Gasteiger partial charge is 0.495 e. The van der Waals surface area contributed by atoms with Crippen LogP contribution in [0, 0.1) is 5.92 Å². The Labute approximate surface area is 129 Å². The van der Waals surface area contributed by atoms with E-state index >= 15 is 0 Å². The van der Waals surface area contributed by atoms with Crippen LogP contribution in [0.1, 0.15) is 13.8 Å². The van der Waals surface area contributed by atoms with Crippen LogP contribution in [0.3, 0.4) is 0 Å². The molecule has 8 heteroatoms. The minimum absolute atomic E-state index is 0.0936. The molecule has 0 spiro atoms. The van der Waals surface area contributed by atoms with Crippen molar-refractivity contribution in [3.63, 3.8) is 0 Å². The molecule has 0 aromatic heterocycles. The third kappa shape index (κ3) is 4.33. The summed E-state index contributed by atoms with van der Waals surface area (Å²) in [6.45, 7) is 3.42. The van der Waals surface area contributed by atoms with E-state index in [0.717, 1.165) is 0 Å². The van der Waals surface area contributed by atoms with E-state index in [0.29, 0.717) is 5.02 Å². The molecule has 1 unspecified atom stereocenters. The minimum atomic E-state index is -3.95. The molecule has 0 bridgehead atoms. The molecule has 0 heterocycles. The Balaban J connectivity index is 3.19. The monoisotopic (exact) mass is 335 g/mol. The van der Waals surface area contributed by atoms with Crippen molar-refractivity contribution in [3.8, 4) is 5.75 Å². The van der Waals surface area contributed by atoms with Crippen LogP contribution in [0.4, 0.5) is 0 Å². The Morgan fingerprint density at radius 3 is 2.38 bits per heavy atom. The van der Waals surface area contributed by atoms with E-state index in [1.54, 1.807) is 13.8 Å². The van der Waals surface area contributed by atoms with Gasteiger partial charge in [-0.15, -0.1) is 0 Å². The molecule has 1 atom stereocenters. The second-order valence-corrected chi connectivity index (χ2v) is 6.78. The number of sulfonamides is 1. The summed E-state index contributed by atoms with van der Waals surface area (Å²) >= 11 is 5.81. The van der Waals surface area contributed by atoms with Gasteiger partial charge >= 0.3 is 5.97 Å². The van der Waals surface area contributed by atoms with Crippen molar-refractivity contribution in [2.45, 2.75) is 24.8 Å². The summed E-state index contributed by atoms with van der Waals surface area (Å²) in [7, 11) is -1.41. The molecule has 1 aromatic carbocycles. The van der Waals surface area contributed by atoms with Crippen LogP contribution >= 0.6 is 11.6 Å². The van der Waals surface area contributed by atoms with Crippen LogP contribution in [0.15, 0.2) is 23.1 Å². The number of benzene rings is 1. The quantitative estimate of drug-likeness (QED) is 0.802. The number of rotatable bonds is 6. The van der Waals surface area contributed by atoms with Crippen molar-refractivity contribution in [1.82, 2.24) is 4.72 Å². The van der Waals surface area contributed by atoms with Crippen molar-refractivity contribution in [1.29, 1.82) is 0 Å². The number of carbonyl (C=O) groups is 1. The van der Waals surface area contributed by atoms with Gasteiger partial charge in [-0.25, -0.2) is 8.42 Å². The fourth-order valence-electron chi connectivity index (χ4n) is 1.68. The van der Waals surface area contributed by atoms with E-state index in [1.165, 1.54) is 32.4 Å². The van der Waals surface area contributed by atoms with Crippen molar-refractivity contribution < 1.29 is 22.7 Å². The molecular formula is C13H18ClNO5S. The number of methoxy groups -OCH3 is 2.